The highest BCUT2D eigenvalue weighted by atomic mass is 19.4. The summed E-state index contributed by atoms with van der Waals surface area (Å²) in [4.78, 5) is 12.4. The van der Waals surface area contributed by atoms with Crippen LogP contribution in [0.25, 0.3) is 0 Å². The van der Waals surface area contributed by atoms with Crippen LogP contribution in [-0.4, -0.2) is 10.5 Å². The molecule has 0 saturated carbocycles. The molecular weight excluding hydrogens is 317 g/mol. The monoisotopic (exact) mass is 336 g/mol. The van der Waals surface area contributed by atoms with Crippen LogP contribution in [0.15, 0.2) is 43.0 Å². The lowest BCUT2D eigenvalue weighted by Crippen LogP contribution is -2.26. The molecule has 1 amide bonds. The molecule has 0 fully saturated rings. The Bertz CT molecular complexity index is 760. The Hall–Kier alpha value is -2.50. The van der Waals surface area contributed by atoms with Crippen molar-refractivity contribution in [2.75, 3.05) is 0 Å². The highest BCUT2D eigenvalue weighted by Crippen LogP contribution is 2.29. The summed E-state index contributed by atoms with van der Waals surface area (Å²) in [5.74, 6) is -0.320. The molecule has 1 heterocycles. The van der Waals surface area contributed by atoms with Crippen LogP contribution in [0.3, 0.4) is 0 Å². The van der Waals surface area contributed by atoms with E-state index in [1.165, 1.54) is 6.07 Å². The van der Waals surface area contributed by atoms with Crippen molar-refractivity contribution in [1.82, 2.24) is 9.88 Å². The molecular formula is C18H19F3N2O. The van der Waals surface area contributed by atoms with Crippen LogP contribution in [0, 0.1) is 13.8 Å². The quantitative estimate of drug-likeness (QED) is 0.814. The first kappa shape index (κ1) is 17.8. The smallest absolute Gasteiger partial charge is 0.347 e. The van der Waals surface area contributed by atoms with E-state index in [2.05, 4.69) is 11.9 Å². The van der Waals surface area contributed by atoms with Crippen molar-refractivity contribution in [1.29, 1.82) is 0 Å². The van der Waals surface area contributed by atoms with E-state index < -0.39 is 11.7 Å². The Kier molecular flexibility index (Phi) is 5.17. The maximum Gasteiger partial charge on any atom is 0.416 e. The second-order valence-corrected chi connectivity index (χ2v) is 5.60. The van der Waals surface area contributed by atoms with Gasteiger partial charge in [-0.2, -0.15) is 13.2 Å². The molecule has 24 heavy (non-hydrogen) atoms. The normalized spacial score (nSPS) is 11.4. The third-order valence-electron chi connectivity index (χ3n) is 3.73. The lowest BCUT2D eigenvalue weighted by Gasteiger charge is -2.12. The average molecular weight is 336 g/mol. The van der Waals surface area contributed by atoms with Gasteiger partial charge in [-0.3, -0.25) is 4.79 Å². The highest BCUT2D eigenvalue weighted by Gasteiger charge is 2.30. The first-order valence-electron chi connectivity index (χ1n) is 7.46. The number of hydrogen-bond donors (Lipinski definition) is 1. The summed E-state index contributed by atoms with van der Waals surface area (Å²) in [5.41, 5.74) is 1.91. The van der Waals surface area contributed by atoms with Gasteiger partial charge in [-0.15, -0.1) is 6.58 Å². The number of carbonyl (C=O) groups is 1. The molecule has 0 saturated heterocycles. The number of rotatable bonds is 5. The second kappa shape index (κ2) is 6.95. The highest BCUT2D eigenvalue weighted by molar-refractivity contribution is 5.94. The van der Waals surface area contributed by atoms with Gasteiger partial charge in [0.05, 0.1) is 5.56 Å². The van der Waals surface area contributed by atoms with E-state index in [1.807, 2.05) is 24.5 Å². The van der Waals surface area contributed by atoms with Gasteiger partial charge in [0, 0.05) is 18.8 Å². The van der Waals surface area contributed by atoms with Crippen molar-refractivity contribution in [2.45, 2.75) is 33.1 Å². The summed E-state index contributed by atoms with van der Waals surface area (Å²) in [5, 5.41) is 2.69. The van der Waals surface area contributed by atoms with E-state index >= 15 is 0 Å². The number of nitrogens with one attached hydrogen (secondary N) is 1. The topological polar surface area (TPSA) is 34.0 Å². The number of halogens is 3. The second-order valence-electron chi connectivity index (χ2n) is 5.60. The number of alkyl halides is 3. The minimum atomic E-state index is -4.40. The van der Waals surface area contributed by atoms with Gasteiger partial charge in [-0.05, 0) is 43.2 Å². The molecule has 1 aromatic carbocycles. The Morgan fingerprint density at radius 1 is 1.29 bits per heavy atom. The first-order valence-corrected chi connectivity index (χ1v) is 7.46. The van der Waals surface area contributed by atoms with Gasteiger partial charge in [0.2, 0.25) is 0 Å². The molecule has 0 aliphatic carbocycles. The number of carbonyl (C=O) groups excluding carboxylic acids is 1. The van der Waals surface area contributed by atoms with Crippen LogP contribution in [0.4, 0.5) is 13.2 Å². The summed E-state index contributed by atoms with van der Waals surface area (Å²) >= 11 is 0. The van der Waals surface area contributed by atoms with Crippen molar-refractivity contribution in [3.63, 3.8) is 0 Å². The van der Waals surface area contributed by atoms with Crippen LogP contribution in [0.2, 0.25) is 0 Å². The Balaban J connectivity index is 2.16. The molecule has 3 nitrogen and oxygen atoms in total. The van der Waals surface area contributed by atoms with E-state index in [0.29, 0.717) is 17.8 Å². The number of benzene rings is 1. The number of aromatic nitrogens is 1. The van der Waals surface area contributed by atoms with Crippen LogP contribution < -0.4 is 5.32 Å². The molecule has 1 N–H and O–H groups in total. The number of amides is 1. The Morgan fingerprint density at radius 2 is 2.00 bits per heavy atom. The van der Waals surface area contributed by atoms with Gasteiger partial charge in [0.1, 0.15) is 5.69 Å². The van der Waals surface area contributed by atoms with Gasteiger partial charge >= 0.3 is 6.18 Å². The zero-order chi connectivity index (χ0) is 17.9. The molecule has 0 unspecified atom stereocenters. The lowest BCUT2D eigenvalue weighted by atomic mass is 10.1. The fourth-order valence-corrected chi connectivity index (χ4v) is 2.64. The maximum absolute atomic E-state index is 12.7. The summed E-state index contributed by atoms with van der Waals surface area (Å²) < 4.78 is 40.0. The summed E-state index contributed by atoms with van der Waals surface area (Å²) in [6.45, 7) is 7.91. The summed E-state index contributed by atoms with van der Waals surface area (Å²) in [6, 6.07) is 6.83. The zero-order valence-corrected chi connectivity index (χ0v) is 13.6. The lowest BCUT2D eigenvalue weighted by molar-refractivity contribution is -0.137. The fraction of sp³-hybridized carbons (Fsp3) is 0.278. The minimum Gasteiger partial charge on any atom is -0.347 e. The van der Waals surface area contributed by atoms with E-state index in [-0.39, 0.29) is 12.5 Å². The molecule has 0 bridgehead atoms. The van der Waals surface area contributed by atoms with Crippen molar-refractivity contribution in [3.8, 4) is 0 Å². The Labute approximate surface area is 138 Å². The molecule has 0 atom stereocenters. The van der Waals surface area contributed by atoms with E-state index in [9.17, 15) is 18.0 Å². The number of aryl methyl sites for hydroxylation is 2. The number of nitrogens with zero attached hydrogens (tertiary/aromatic N) is 1. The van der Waals surface area contributed by atoms with Gasteiger partial charge in [0.25, 0.3) is 5.91 Å². The van der Waals surface area contributed by atoms with Crippen molar-refractivity contribution < 1.29 is 18.0 Å². The van der Waals surface area contributed by atoms with Gasteiger partial charge < -0.3 is 9.88 Å². The van der Waals surface area contributed by atoms with Crippen molar-refractivity contribution in [2.24, 2.45) is 0 Å². The van der Waals surface area contributed by atoms with Crippen LogP contribution in [0.5, 0.6) is 0 Å². The number of hydrogen-bond acceptors (Lipinski definition) is 1. The van der Waals surface area contributed by atoms with E-state index in [1.54, 1.807) is 12.1 Å². The maximum atomic E-state index is 12.7. The summed E-state index contributed by atoms with van der Waals surface area (Å²) in [6.07, 6.45) is -2.71. The zero-order valence-electron chi connectivity index (χ0n) is 13.6. The van der Waals surface area contributed by atoms with Crippen LogP contribution in [0.1, 0.15) is 32.9 Å². The van der Waals surface area contributed by atoms with Gasteiger partial charge in [-0.25, -0.2) is 0 Å². The first-order chi connectivity index (χ1) is 11.2. The van der Waals surface area contributed by atoms with E-state index in [0.717, 1.165) is 23.4 Å². The Morgan fingerprint density at radius 3 is 2.62 bits per heavy atom. The van der Waals surface area contributed by atoms with Gasteiger partial charge in [-0.1, -0.05) is 18.2 Å². The fourth-order valence-electron chi connectivity index (χ4n) is 2.64. The molecule has 0 radical (unpaired) electrons. The van der Waals surface area contributed by atoms with Gasteiger partial charge in [0.15, 0.2) is 0 Å². The van der Waals surface area contributed by atoms with Crippen LogP contribution in [-0.2, 0) is 19.3 Å². The third kappa shape index (κ3) is 3.88. The van der Waals surface area contributed by atoms with Crippen LogP contribution >= 0.6 is 0 Å². The van der Waals surface area contributed by atoms with Crippen molar-refractivity contribution >= 4 is 5.91 Å². The molecule has 0 aliphatic rings. The largest absolute Gasteiger partial charge is 0.416 e. The predicted octanol–water partition coefficient (Wildman–Crippen LogP) is 4.24. The predicted molar refractivity (Wildman–Crippen MR) is 86.7 cm³/mol. The molecule has 6 heteroatoms. The molecule has 2 rings (SSSR count). The minimum absolute atomic E-state index is 0.0283. The van der Waals surface area contributed by atoms with E-state index in [4.69, 9.17) is 0 Å². The molecule has 1 aromatic heterocycles. The standard InChI is InChI=1S/C18H19F3N2O/c1-4-8-23-13(3)9-12(2)16(23)17(24)22-11-14-6-5-7-15(10-14)18(19,20)21/h4-7,9-10H,1,8,11H2,2-3H3,(H,22,24). The molecule has 2 aromatic rings. The van der Waals surface area contributed by atoms with Crippen molar-refractivity contribution in [3.05, 3.63) is 71.1 Å². The average Bonchev–Trinajstić information content (AvgIpc) is 2.79. The molecule has 0 spiro atoms. The SMILES string of the molecule is C=CCn1c(C)cc(C)c1C(=O)NCc1cccc(C(F)(F)F)c1. The summed E-state index contributed by atoms with van der Waals surface area (Å²) in [7, 11) is 0. The molecule has 128 valence electrons. The molecule has 0 aliphatic heterocycles. The third-order valence-corrected chi connectivity index (χ3v) is 3.73. The number of allylic oxidation sites excluding steroid dienone is 1.